The molecule has 0 N–H and O–H groups in total. The van der Waals surface area contributed by atoms with E-state index < -0.39 is 0 Å². The van der Waals surface area contributed by atoms with Crippen LogP contribution in [0.1, 0.15) is 12.8 Å². The fraction of sp³-hybridized carbons (Fsp3) is 0.833. The van der Waals surface area contributed by atoms with Crippen molar-refractivity contribution in [3.05, 3.63) is 0 Å². The van der Waals surface area contributed by atoms with Gasteiger partial charge in [0.05, 0.1) is 0 Å². The van der Waals surface area contributed by atoms with Gasteiger partial charge in [0.2, 0.25) is 6.29 Å². The number of hydrogen-bond acceptors (Lipinski definition) is 1. The van der Waals surface area contributed by atoms with Crippen molar-refractivity contribution in [1.82, 2.24) is 0 Å². The van der Waals surface area contributed by atoms with Crippen molar-refractivity contribution in [3.8, 4) is 0 Å². The third-order valence-corrected chi connectivity index (χ3v) is 1.52. The molecular weight excluding hydrogens is 159 g/mol. The van der Waals surface area contributed by atoms with Crippen LogP contribution in [-0.4, -0.2) is 18.0 Å². The van der Waals surface area contributed by atoms with Gasteiger partial charge in [0, 0.05) is 17.7 Å². The highest BCUT2D eigenvalue weighted by Crippen LogP contribution is 2.06. The Morgan fingerprint density at radius 2 is 1.67 bits per heavy atom. The molecule has 0 unspecified atom stereocenters. The summed E-state index contributed by atoms with van der Waals surface area (Å²) in [6, 6.07) is 0. The van der Waals surface area contributed by atoms with Gasteiger partial charge < -0.3 is 0 Å². The van der Waals surface area contributed by atoms with Crippen molar-refractivity contribution in [3.63, 3.8) is 0 Å². The maximum atomic E-state index is 10.0. The minimum atomic E-state index is -0.0556. The van der Waals surface area contributed by atoms with Gasteiger partial charge in [-0.1, -0.05) is 0 Å². The zero-order chi connectivity index (χ0) is 7.11. The molecule has 0 saturated heterocycles. The molecule has 9 heavy (non-hydrogen) atoms. The first-order valence-corrected chi connectivity index (χ1v) is 3.91. The van der Waals surface area contributed by atoms with Crippen LogP contribution in [0.5, 0.6) is 0 Å². The van der Waals surface area contributed by atoms with Crippen LogP contribution in [0, 0.1) is 5.92 Å². The molecular formula is C6H9Cl2O. The summed E-state index contributed by atoms with van der Waals surface area (Å²) in [5, 5.41) is 0. The Labute approximate surface area is 65.3 Å². The van der Waals surface area contributed by atoms with Crippen molar-refractivity contribution in [1.29, 1.82) is 0 Å². The van der Waals surface area contributed by atoms with Crippen molar-refractivity contribution in [2.75, 3.05) is 11.8 Å². The van der Waals surface area contributed by atoms with Crippen molar-refractivity contribution >= 4 is 29.5 Å². The summed E-state index contributed by atoms with van der Waals surface area (Å²) in [6.07, 6.45) is 3.27. The first-order chi connectivity index (χ1) is 4.35. The normalized spacial score (nSPS) is 10.1. The zero-order valence-corrected chi connectivity index (χ0v) is 6.58. The third kappa shape index (κ3) is 4.73. The SMILES string of the molecule is O=[C]C(CCCl)CCCl. The highest BCUT2D eigenvalue weighted by Gasteiger charge is 2.05. The quantitative estimate of drug-likeness (QED) is 0.573. The molecule has 0 saturated carbocycles. The van der Waals surface area contributed by atoms with E-state index in [-0.39, 0.29) is 5.92 Å². The molecule has 0 aromatic rings. The van der Waals surface area contributed by atoms with Crippen LogP contribution in [0.25, 0.3) is 0 Å². The van der Waals surface area contributed by atoms with Gasteiger partial charge in [-0.3, -0.25) is 4.79 Å². The summed E-state index contributed by atoms with van der Waals surface area (Å²) < 4.78 is 0. The lowest BCUT2D eigenvalue weighted by Crippen LogP contribution is -2.02. The summed E-state index contributed by atoms with van der Waals surface area (Å²) in [6.45, 7) is 0. The van der Waals surface area contributed by atoms with E-state index in [1.165, 1.54) is 0 Å². The molecule has 0 atom stereocenters. The summed E-state index contributed by atoms with van der Waals surface area (Å²) in [5.74, 6) is 0.966. The van der Waals surface area contributed by atoms with Crippen LogP contribution in [0.2, 0.25) is 0 Å². The number of carbonyl (C=O) groups excluding carboxylic acids is 1. The Balaban J connectivity index is 3.29. The van der Waals surface area contributed by atoms with Gasteiger partial charge >= 0.3 is 0 Å². The Morgan fingerprint density at radius 1 is 1.22 bits per heavy atom. The second kappa shape index (κ2) is 6.37. The lowest BCUT2D eigenvalue weighted by molar-refractivity contribution is 0.510. The molecule has 0 amide bonds. The number of halogens is 2. The van der Waals surface area contributed by atoms with Gasteiger partial charge in [-0.15, -0.1) is 23.2 Å². The molecule has 0 aliphatic rings. The van der Waals surface area contributed by atoms with Crippen LogP contribution < -0.4 is 0 Å². The van der Waals surface area contributed by atoms with Gasteiger partial charge in [-0.05, 0) is 12.8 Å². The average molecular weight is 168 g/mol. The van der Waals surface area contributed by atoms with E-state index in [4.69, 9.17) is 23.2 Å². The highest BCUT2D eigenvalue weighted by molar-refractivity contribution is 6.18. The molecule has 0 aromatic heterocycles. The van der Waals surface area contributed by atoms with Gasteiger partial charge in [0.25, 0.3) is 0 Å². The van der Waals surface area contributed by atoms with E-state index >= 15 is 0 Å². The maximum absolute atomic E-state index is 10.0. The molecule has 53 valence electrons. The smallest absolute Gasteiger partial charge is 0.201 e. The van der Waals surface area contributed by atoms with E-state index in [1.54, 1.807) is 0 Å². The van der Waals surface area contributed by atoms with Crippen LogP contribution in [-0.2, 0) is 4.79 Å². The van der Waals surface area contributed by atoms with Crippen LogP contribution in [0.15, 0.2) is 0 Å². The fourth-order valence-electron chi connectivity index (χ4n) is 0.526. The summed E-state index contributed by atoms with van der Waals surface area (Å²) in [7, 11) is 0. The number of alkyl halides is 2. The predicted molar refractivity (Wildman–Crippen MR) is 39.9 cm³/mol. The topological polar surface area (TPSA) is 17.1 Å². The molecule has 0 bridgehead atoms. The fourth-order valence-corrected chi connectivity index (χ4v) is 1.05. The Kier molecular flexibility index (Phi) is 6.55. The first kappa shape index (κ1) is 9.25. The number of hydrogen-bond donors (Lipinski definition) is 0. The first-order valence-electron chi connectivity index (χ1n) is 2.84. The number of rotatable bonds is 5. The minimum absolute atomic E-state index is 0.0556. The molecule has 1 nitrogen and oxygen atoms in total. The third-order valence-electron chi connectivity index (χ3n) is 1.08. The Morgan fingerprint density at radius 3 is 1.89 bits per heavy atom. The van der Waals surface area contributed by atoms with Crippen molar-refractivity contribution < 1.29 is 4.79 Å². The molecule has 0 rings (SSSR count). The maximum Gasteiger partial charge on any atom is 0.201 e. The van der Waals surface area contributed by atoms with Gasteiger partial charge in [0.1, 0.15) is 0 Å². The van der Waals surface area contributed by atoms with Crippen LogP contribution in [0.3, 0.4) is 0 Å². The lowest BCUT2D eigenvalue weighted by Gasteiger charge is -2.01. The van der Waals surface area contributed by atoms with E-state index in [0.717, 1.165) is 0 Å². The summed E-state index contributed by atoms with van der Waals surface area (Å²) in [5.41, 5.74) is 0. The summed E-state index contributed by atoms with van der Waals surface area (Å²) in [4.78, 5) is 10.0. The molecule has 1 radical (unpaired) electrons. The molecule has 3 heteroatoms. The second-order valence-electron chi connectivity index (χ2n) is 1.77. The van der Waals surface area contributed by atoms with E-state index in [2.05, 4.69) is 0 Å². The lowest BCUT2D eigenvalue weighted by atomic mass is 10.1. The monoisotopic (exact) mass is 167 g/mol. The second-order valence-corrected chi connectivity index (χ2v) is 2.53. The van der Waals surface area contributed by atoms with Crippen LogP contribution in [0.4, 0.5) is 0 Å². The Hall–Kier alpha value is 0.250. The van der Waals surface area contributed by atoms with Crippen molar-refractivity contribution in [2.45, 2.75) is 12.8 Å². The standard InChI is InChI=1S/C6H9Cl2O/c7-3-1-6(5-9)2-4-8/h6H,1-4H2. The van der Waals surface area contributed by atoms with Gasteiger partial charge in [0.15, 0.2) is 0 Å². The molecule has 0 aliphatic heterocycles. The largest absolute Gasteiger partial charge is 0.291 e. The van der Waals surface area contributed by atoms with E-state index in [9.17, 15) is 4.79 Å². The predicted octanol–water partition coefficient (Wildman–Crippen LogP) is 1.97. The molecule has 0 aliphatic carbocycles. The molecule has 0 fully saturated rings. The van der Waals surface area contributed by atoms with Crippen LogP contribution >= 0.6 is 23.2 Å². The van der Waals surface area contributed by atoms with Gasteiger partial charge in [-0.25, -0.2) is 0 Å². The summed E-state index contributed by atoms with van der Waals surface area (Å²) >= 11 is 10.8. The van der Waals surface area contributed by atoms with Gasteiger partial charge in [-0.2, -0.15) is 0 Å². The molecule has 0 heterocycles. The van der Waals surface area contributed by atoms with Crippen molar-refractivity contribution in [2.24, 2.45) is 5.92 Å². The highest BCUT2D eigenvalue weighted by atomic mass is 35.5. The molecule has 0 spiro atoms. The minimum Gasteiger partial charge on any atom is -0.291 e. The van der Waals surface area contributed by atoms with E-state index in [0.29, 0.717) is 24.6 Å². The Bertz CT molecular complexity index is 69.5. The zero-order valence-electron chi connectivity index (χ0n) is 5.07. The average Bonchev–Trinajstić information content (AvgIpc) is 1.88. The van der Waals surface area contributed by atoms with E-state index in [1.807, 2.05) is 6.29 Å². The molecule has 0 aromatic carbocycles.